The van der Waals surface area contributed by atoms with Crippen LogP contribution in [0.15, 0.2) is 0 Å². The molecule has 1 aliphatic rings. The Labute approximate surface area is 111 Å². The molecule has 0 saturated heterocycles. The highest BCUT2D eigenvalue weighted by Crippen LogP contribution is 2.50. The molecule has 2 N–H and O–H groups in total. The van der Waals surface area contributed by atoms with Crippen LogP contribution in [0.2, 0.25) is 0 Å². The maximum atomic E-state index is 11.0. The molecule has 0 spiro atoms. The molecule has 0 aromatic carbocycles. The van der Waals surface area contributed by atoms with Crippen molar-refractivity contribution in [1.82, 2.24) is 4.90 Å². The average molecular weight is 278 g/mol. The lowest BCUT2D eigenvalue weighted by atomic mass is 9.58. The van der Waals surface area contributed by atoms with Crippen LogP contribution in [-0.4, -0.2) is 51.9 Å². The summed E-state index contributed by atoms with van der Waals surface area (Å²) in [7, 11) is 0.350. The molecule has 1 aliphatic carbocycles. The maximum Gasteiger partial charge on any atom is 0.210 e. The molecule has 5 nitrogen and oxygen atoms in total. The van der Waals surface area contributed by atoms with Gasteiger partial charge in [-0.3, -0.25) is 0 Å². The largest absolute Gasteiger partial charge is 0.381 e. The summed E-state index contributed by atoms with van der Waals surface area (Å²) in [6.45, 7) is 4.84. The summed E-state index contributed by atoms with van der Waals surface area (Å²) in [6, 6.07) is 0.388. The van der Waals surface area contributed by atoms with Gasteiger partial charge in [0.2, 0.25) is 10.0 Å². The van der Waals surface area contributed by atoms with Crippen molar-refractivity contribution in [2.75, 3.05) is 26.5 Å². The van der Waals surface area contributed by atoms with E-state index in [2.05, 4.69) is 18.7 Å². The fourth-order valence-corrected chi connectivity index (χ4v) is 3.82. The molecule has 0 heterocycles. The Bertz CT molecular complexity index is 366. The van der Waals surface area contributed by atoms with E-state index in [9.17, 15) is 8.42 Å². The van der Waals surface area contributed by atoms with Gasteiger partial charge in [0.05, 0.1) is 11.9 Å². The van der Waals surface area contributed by atoms with Gasteiger partial charge in [-0.25, -0.2) is 13.6 Å². The van der Waals surface area contributed by atoms with Gasteiger partial charge in [-0.2, -0.15) is 0 Å². The molecule has 0 amide bonds. The van der Waals surface area contributed by atoms with Gasteiger partial charge < -0.3 is 9.64 Å². The number of nitrogens with two attached hydrogens (primary N) is 1. The topological polar surface area (TPSA) is 72.6 Å². The van der Waals surface area contributed by atoms with E-state index >= 15 is 0 Å². The van der Waals surface area contributed by atoms with Crippen molar-refractivity contribution >= 4 is 10.0 Å². The Morgan fingerprint density at radius 3 is 2.33 bits per heavy atom. The number of primary sulfonamides is 1. The van der Waals surface area contributed by atoms with Crippen LogP contribution in [-0.2, 0) is 14.8 Å². The van der Waals surface area contributed by atoms with Crippen molar-refractivity contribution in [2.45, 2.75) is 45.3 Å². The molecule has 1 saturated carbocycles. The van der Waals surface area contributed by atoms with Gasteiger partial charge in [-0.1, -0.05) is 13.8 Å². The highest BCUT2D eigenvalue weighted by molar-refractivity contribution is 7.89. The van der Waals surface area contributed by atoms with Crippen molar-refractivity contribution in [2.24, 2.45) is 10.6 Å². The van der Waals surface area contributed by atoms with Crippen molar-refractivity contribution in [3.8, 4) is 0 Å². The number of methoxy groups -OCH3 is 1. The van der Waals surface area contributed by atoms with Crippen LogP contribution in [0.4, 0.5) is 0 Å². The second-order valence-electron chi connectivity index (χ2n) is 5.26. The van der Waals surface area contributed by atoms with Crippen LogP contribution >= 0.6 is 0 Å². The first-order chi connectivity index (χ1) is 8.30. The van der Waals surface area contributed by atoms with Gasteiger partial charge in [-0.15, -0.1) is 0 Å². The number of rotatable bonds is 7. The summed E-state index contributed by atoms with van der Waals surface area (Å²) in [4.78, 5) is 2.12. The summed E-state index contributed by atoms with van der Waals surface area (Å²) in [5, 5.41) is 5.05. The minimum Gasteiger partial charge on any atom is -0.381 e. The predicted molar refractivity (Wildman–Crippen MR) is 72.8 cm³/mol. The van der Waals surface area contributed by atoms with E-state index < -0.39 is 10.0 Å². The quantitative estimate of drug-likeness (QED) is 0.747. The van der Waals surface area contributed by atoms with Crippen molar-refractivity contribution in [3.63, 3.8) is 0 Å². The highest BCUT2D eigenvalue weighted by atomic mass is 32.2. The van der Waals surface area contributed by atoms with E-state index in [1.54, 1.807) is 7.11 Å². The van der Waals surface area contributed by atoms with Gasteiger partial charge in [0.15, 0.2) is 0 Å². The molecule has 0 unspecified atom stereocenters. The van der Waals surface area contributed by atoms with Crippen LogP contribution in [0.3, 0.4) is 0 Å². The van der Waals surface area contributed by atoms with Crippen LogP contribution in [0.25, 0.3) is 0 Å². The second-order valence-corrected chi connectivity index (χ2v) is 7.00. The normalized spacial score (nSPS) is 27.2. The minimum atomic E-state index is -3.38. The van der Waals surface area contributed by atoms with Crippen LogP contribution in [0, 0.1) is 5.41 Å². The molecule has 0 aliphatic heterocycles. The molecule has 6 heteroatoms. The zero-order valence-corrected chi connectivity index (χ0v) is 12.7. The molecular formula is C12H26N2O3S. The smallest absolute Gasteiger partial charge is 0.210 e. The van der Waals surface area contributed by atoms with Crippen LogP contribution < -0.4 is 5.14 Å². The molecular weight excluding hydrogens is 252 g/mol. The number of hydrogen-bond acceptors (Lipinski definition) is 4. The summed E-state index contributed by atoms with van der Waals surface area (Å²) in [6.07, 6.45) is 3.35. The molecule has 1 fully saturated rings. The van der Waals surface area contributed by atoms with E-state index in [1.807, 2.05) is 7.05 Å². The van der Waals surface area contributed by atoms with Gasteiger partial charge >= 0.3 is 0 Å². The first-order valence-electron chi connectivity index (χ1n) is 6.54. The lowest BCUT2D eigenvalue weighted by Gasteiger charge is -2.58. The zero-order valence-electron chi connectivity index (χ0n) is 11.8. The number of ether oxygens (including phenoxy) is 1. The van der Waals surface area contributed by atoms with E-state index in [0.717, 1.165) is 19.3 Å². The molecule has 0 aromatic heterocycles. The molecule has 108 valence electrons. The fraction of sp³-hybridized carbons (Fsp3) is 1.00. The predicted octanol–water partition coefficient (Wildman–Crippen LogP) is 0.800. The van der Waals surface area contributed by atoms with E-state index in [4.69, 9.17) is 9.88 Å². The van der Waals surface area contributed by atoms with E-state index in [1.165, 1.54) is 0 Å². The molecule has 0 radical (unpaired) electrons. The fourth-order valence-electron chi connectivity index (χ4n) is 3.28. The molecule has 2 atom stereocenters. The first-order valence-corrected chi connectivity index (χ1v) is 8.25. The third-order valence-electron chi connectivity index (χ3n) is 4.60. The second kappa shape index (κ2) is 5.86. The molecule has 1 rings (SSSR count). The third-order valence-corrected chi connectivity index (χ3v) is 5.36. The van der Waals surface area contributed by atoms with Gasteiger partial charge in [0, 0.05) is 25.1 Å². The Morgan fingerprint density at radius 2 is 1.94 bits per heavy atom. The van der Waals surface area contributed by atoms with Crippen molar-refractivity contribution in [3.05, 3.63) is 0 Å². The average Bonchev–Trinajstić information content (AvgIpc) is 2.27. The van der Waals surface area contributed by atoms with Crippen molar-refractivity contribution < 1.29 is 13.2 Å². The zero-order chi connectivity index (χ0) is 14.0. The van der Waals surface area contributed by atoms with Crippen LogP contribution in [0.1, 0.15) is 33.1 Å². The lowest BCUT2D eigenvalue weighted by molar-refractivity contribution is -0.155. The SMILES string of the molecule is CCC1(CC)[C@@H](N(C)CCS(N)(=O)=O)C[C@H]1OC. The molecule has 18 heavy (non-hydrogen) atoms. The molecule has 0 aromatic rings. The van der Waals surface area contributed by atoms with Gasteiger partial charge in [0.1, 0.15) is 0 Å². The standard InChI is InChI=1S/C12H26N2O3S/c1-5-12(6-2)10(9-11(12)17-4)14(3)7-8-18(13,15)16/h10-11H,5-9H2,1-4H3,(H2,13,15,16)/t10-,11+/m0/s1. The Balaban J connectivity index is 2.66. The van der Waals surface area contributed by atoms with E-state index in [-0.39, 0.29) is 17.3 Å². The highest BCUT2D eigenvalue weighted by Gasteiger charge is 2.54. The summed E-state index contributed by atoms with van der Waals surface area (Å²) in [5.41, 5.74) is 0.155. The van der Waals surface area contributed by atoms with Crippen LogP contribution in [0.5, 0.6) is 0 Å². The summed E-state index contributed by atoms with van der Waals surface area (Å²) < 4.78 is 27.6. The van der Waals surface area contributed by atoms with Gasteiger partial charge in [0.25, 0.3) is 0 Å². The minimum absolute atomic E-state index is 0.0150. The Morgan fingerprint density at radius 1 is 1.39 bits per heavy atom. The maximum absolute atomic E-state index is 11.0. The third kappa shape index (κ3) is 3.04. The number of sulfonamides is 1. The number of hydrogen-bond donors (Lipinski definition) is 1. The molecule has 0 bridgehead atoms. The summed E-state index contributed by atoms with van der Waals surface area (Å²) in [5.74, 6) is 0.0150. The summed E-state index contributed by atoms with van der Waals surface area (Å²) >= 11 is 0. The number of nitrogens with zero attached hydrogens (tertiary/aromatic N) is 1. The van der Waals surface area contributed by atoms with E-state index in [0.29, 0.717) is 12.6 Å². The Hall–Kier alpha value is -0.170. The van der Waals surface area contributed by atoms with Crippen molar-refractivity contribution in [1.29, 1.82) is 0 Å². The first kappa shape index (κ1) is 15.9. The lowest BCUT2D eigenvalue weighted by Crippen LogP contribution is -2.63. The van der Waals surface area contributed by atoms with Gasteiger partial charge in [-0.05, 0) is 26.3 Å². The monoisotopic (exact) mass is 278 g/mol. The Kier molecular flexibility index (Phi) is 5.17.